The van der Waals surface area contributed by atoms with Gasteiger partial charge in [-0.2, -0.15) is 0 Å². The van der Waals surface area contributed by atoms with Crippen LogP contribution in [-0.2, 0) is 16.2 Å². The van der Waals surface area contributed by atoms with Crippen LogP contribution in [0, 0.1) is 12.7 Å². The van der Waals surface area contributed by atoms with Crippen molar-refractivity contribution in [2.45, 2.75) is 91.5 Å². The maximum absolute atomic E-state index is 14.5. The van der Waals surface area contributed by atoms with E-state index in [0.29, 0.717) is 78.4 Å². The highest BCUT2D eigenvalue weighted by molar-refractivity contribution is 6.76. The number of amides is 2. The van der Waals surface area contributed by atoms with Crippen molar-refractivity contribution >= 4 is 31.1 Å². The summed E-state index contributed by atoms with van der Waals surface area (Å²) in [6, 6.07) is 5.20. The first-order chi connectivity index (χ1) is 20.7. The highest BCUT2D eigenvalue weighted by atomic mass is 28.3. The number of ether oxygens (including phenoxy) is 3. The van der Waals surface area contributed by atoms with Gasteiger partial charge in [-0.15, -0.1) is 0 Å². The summed E-state index contributed by atoms with van der Waals surface area (Å²) < 4.78 is 33.9. The van der Waals surface area contributed by atoms with Crippen LogP contribution in [0.4, 0.5) is 9.18 Å². The monoisotopic (exact) mass is 627 g/mol. The molecule has 0 aliphatic carbocycles. The Morgan fingerprint density at radius 1 is 1.14 bits per heavy atom. The average molecular weight is 628 g/mol. The van der Waals surface area contributed by atoms with Crippen molar-refractivity contribution < 1.29 is 28.2 Å². The number of carbonyl (C=O) groups excluding carboxylic acids is 2. The standard InChI is InChI=1S/C32H46FN5O5Si/c1-9-42-25-11-10-22(33)18-24(25)27-29-28(35-19-34-27)26(21(2)38(29)20-41-16-17-44(6,7)8)30(39)36-23-12-14-37(15-13-23)31(40)43-32(3,4)5/h10-11,18-19,23H,9,12-17,20H2,1-8H3,(H,36,39). The summed E-state index contributed by atoms with van der Waals surface area (Å²) >= 11 is 0. The first-order valence-electron chi connectivity index (χ1n) is 15.3. The third kappa shape index (κ3) is 8.15. The molecule has 0 radical (unpaired) electrons. The maximum Gasteiger partial charge on any atom is 0.410 e. The second-order valence-electron chi connectivity index (χ2n) is 13.4. The molecule has 1 N–H and O–H groups in total. The van der Waals surface area contributed by atoms with Gasteiger partial charge in [0, 0.05) is 45.1 Å². The van der Waals surface area contributed by atoms with E-state index in [0.717, 1.165) is 6.04 Å². The number of likely N-dealkylation sites (tertiary alicyclic amines) is 1. The zero-order chi connectivity index (χ0) is 32.2. The van der Waals surface area contributed by atoms with Gasteiger partial charge in [-0.1, -0.05) is 19.6 Å². The highest BCUT2D eigenvalue weighted by Crippen LogP contribution is 2.37. The summed E-state index contributed by atoms with van der Waals surface area (Å²) in [5.41, 5.74) is 2.49. The molecule has 1 aliphatic heterocycles. The molecule has 1 aliphatic rings. The third-order valence-corrected chi connectivity index (χ3v) is 9.22. The van der Waals surface area contributed by atoms with Crippen molar-refractivity contribution in [1.82, 2.24) is 24.8 Å². The van der Waals surface area contributed by atoms with Crippen molar-refractivity contribution in [2.24, 2.45) is 0 Å². The number of halogens is 1. The fourth-order valence-corrected chi connectivity index (χ4v) is 5.97. The van der Waals surface area contributed by atoms with Gasteiger partial charge in [-0.05, 0) is 71.7 Å². The van der Waals surface area contributed by atoms with Gasteiger partial charge in [0.15, 0.2) is 0 Å². The number of nitrogens with zero attached hydrogens (tertiary/aromatic N) is 4. The summed E-state index contributed by atoms with van der Waals surface area (Å²) in [5.74, 6) is -0.202. The molecule has 0 saturated carbocycles. The van der Waals surface area contributed by atoms with Crippen LogP contribution in [0.5, 0.6) is 5.75 Å². The van der Waals surface area contributed by atoms with Crippen LogP contribution in [0.15, 0.2) is 24.5 Å². The zero-order valence-corrected chi connectivity index (χ0v) is 28.3. The number of piperidine rings is 1. The molecule has 10 nitrogen and oxygen atoms in total. The quantitative estimate of drug-likeness (QED) is 0.205. The highest BCUT2D eigenvalue weighted by Gasteiger charge is 2.30. The summed E-state index contributed by atoms with van der Waals surface area (Å²) in [6.07, 6.45) is 2.25. The Balaban J connectivity index is 1.66. The van der Waals surface area contributed by atoms with Crippen molar-refractivity contribution in [2.75, 3.05) is 26.3 Å². The Morgan fingerprint density at radius 3 is 2.48 bits per heavy atom. The van der Waals surface area contributed by atoms with Gasteiger partial charge in [0.1, 0.15) is 41.4 Å². The van der Waals surface area contributed by atoms with Crippen LogP contribution in [0.1, 0.15) is 56.6 Å². The second-order valence-corrected chi connectivity index (χ2v) is 19.1. The van der Waals surface area contributed by atoms with E-state index in [1.54, 1.807) is 11.0 Å². The number of hydrogen-bond donors (Lipinski definition) is 1. The smallest absolute Gasteiger partial charge is 0.410 e. The molecule has 2 aromatic heterocycles. The van der Waals surface area contributed by atoms with E-state index in [2.05, 4.69) is 34.9 Å². The van der Waals surface area contributed by atoms with Crippen molar-refractivity contribution in [1.29, 1.82) is 0 Å². The predicted octanol–water partition coefficient (Wildman–Crippen LogP) is 6.39. The SMILES string of the molecule is CCOc1ccc(F)cc1-c1ncnc2c(C(=O)NC3CCN(C(=O)OC(C)(C)C)CC3)c(C)n(COCC[Si](C)(C)C)c12. The molecule has 4 rings (SSSR count). The lowest BCUT2D eigenvalue weighted by atomic mass is 10.0. The molecule has 1 aromatic carbocycles. The first kappa shape index (κ1) is 33.4. The minimum atomic E-state index is -1.32. The minimum absolute atomic E-state index is 0.124. The van der Waals surface area contributed by atoms with E-state index < -0.39 is 19.5 Å². The molecule has 1 fully saturated rings. The minimum Gasteiger partial charge on any atom is -0.493 e. The topological polar surface area (TPSA) is 108 Å². The van der Waals surface area contributed by atoms with E-state index in [4.69, 9.17) is 14.2 Å². The predicted molar refractivity (Wildman–Crippen MR) is 171 cm³/mol. The molecule has 0 atom stereocenters. The summed E-state index contributed by atoms with van der Waals surface area (Å²) in [6.45, 7) is 18.3. The van der Waals surface area contributed by atoms with Crippen LogP contribution in [0.2, 0.25) is 25.7 Å². The van der Waals surface area contributed by atoms with E-state index in [1.807, 2.05) is 39.2 Å². The molecule has 2 amide bonds. The third-order valence-electron chi connectivity index (χ3n) is 7.52. The molecule has 0 bridgehead atoms. The molecule has 0 unspecified atom stereocenters. The average Bonchev–Trinajstić information content (AvgIpc) is 3.22. The zero-order valence-electron chi connectivity index (χ0n) is 27.3. The normalized spacial score (nSPS) is 14.6. The number of rotatable bonds is 10. The summed E-state index contributed by atoms with van der Waals surface area (Å²) in [5, 5.41) is 3.16. The van der Waals surface area contributed by atoms with Crippen LogP contribution < -0.4 is 10.1 Å². The molecule has 12 heteroatoms. The molecule has 240 valence electrons. The van der Waals surface area contributed by atoms with Crippen LogP contribution >= 0.6 is 0 Å². The van der Waals surface area contributed by atoms with Gasteiger partial charge in [0.2, 0.25) is 0 Å². The number of fused-ring (bicyclic) bond motifs is 1. The van der Waals surface area contributed by atoms with Crippen LogP contribution in [0.3, 0.4) is 0 Å². The molecule has 3 aromatic rings. The fourth-order valence-electron chi connectivity index (χ4n) is 5.21. The molecule has 1 saturated heterocycles. The molecular formula is C32H46FN5O5Si. The van der Waals surface area contributed by atoms with Crippen LogP contribution in [-0.4, -0.2) is 77.5 Å². The number of nitrogens with one attached hydrogen (secondary N) is 1. The van der Waals surface area contributed by atoms with Crippen molar-refractivity contribution in [3.63, 3.8) is 0 Å². The van der Waals surface area contributed by atoms with Gasteiger partial charge in [-0.25, -0.2) is 19.2 Å². The lowest BCUT2D eigenvalue weighted by molar-refractivity contribution is 0.0199. The molecule has 3 heterocycles. The molecule has 44 heavy (non-hydrogen) atoms. The van der Waals surface area contributed by atoms with Gasteiger partial charge in [0.05, 0.1) is 17.7 Å². The largest absolute Gasteiger partial charge is 0.493 e. The summed E-state index contributed by atoms with van der Waals surface area (Å²) in [4.78, 5) is 37.2. The lowest BCUT2D eigenvalue weighted by Gasteiger charge is -2.33. The van der Waals surface area contributed by atoms with Crippen molar-refractivity contribution in [3.05, 3.63) is 41.6 Å². The van der Waals surface area contributed by atoms with Crippen LogP contribution in [0.25, 0.3) is 22.3 Å². The van der Waals surface area contributed by atoms with E-state index >= 15 is 0 Å². The Kier molecular flexibility index (Phi) is 10.3. The van der Waals surface area contributed by atoms with E-state index in [-0.39, 0.29) is 24.8 Å². The lowest BCUT2D eigenvalue weighted by Crippen LogP contribution is -2.47. The van der Waals surface area contributed by atoms with Gasteiger partial charge in [0.25, 0.3) is 5.91 Å². The second kappa shape index (κ2) is 13.6. The molecular weight excluding hydrogens is 581 g/mol. The maximum atomic E-state index is 14.5. The Labute approximate surface area is 260 Å². The molecule has 0 spiro atoms. The Morgan fingerprint density at radius 2 is 1.84 bits per heavy atom. The number of benzene rings is 1. The number of aromatic nitrogens is 3. The fraction of sp³-hybridized carbons (Fsp3) is 0.562. The number of hydrogen-bond acceptors (Lipinski definition) is 7. The van der Waals surface area contributed by atoms with Gasteiger partial charge >= 0.3 is 6.09 Å². The Hall–Kier alpha value is -3.51. The van der Waals surface area contributed by atoms with E-state index in [1.165, 1.54) is 18.5 Å². The van der Waals surface area contributed by atoms with Gasteiger partial charge in [-0.3, -0.25) is 4.79 Å². The van der Waals surface area contributed by atoms with E-state index in [9.17, 15) is 14.0 Å². The summed E-state index contributed by atoms with van der Waals surface area (Å²) in [7, 11) is -1.32. The first-order valence-corrected chi connectivity index (χ1v) is 19.0. The number of carbonyl (C=O) groups is 2. The Bertz CT molecular complexity index is 1490. The van der Waals surface area contributed by atoms with Gasteiger partial charge < -0.3 is 29.0 Å². The van der Waals surface area contributed by atoms with Crippen molar-refractivity contribution in [3.8, 4) is 17.0 Å².